The molecular weight excluding hydrogens is 304 g/mol. The van der Waals surface area contributed by atoms with E-state index in [-0.39, 0.29) is 0 Å². The fraction of sp³-hybridized carbons (Fsp3) is 0.250. The molecule has 2 N–H and O–H groups in total. The van der Waals surface area contributed by atoms with Crippen LogP contribution >= 0.6 is 15.9 Å². The minimum Gasteiger partial charge on any atom is -0.508 e. The highest BCUT2D eigenvalue weighted by atomic mass is 79.9. The summed E-state index contributed by atoms with van der Waals surface area (Å²) in [6.07, 6.45) is 0. The number of phenols is 2. The van der Waals surface area contributed by atoms with Crippen LogP contribution in [0.1, 0.15) is 30.9 Å². The first-order valence-electron chi connectivity index (χ1n) is 6.14. The van der Waals surface area contributed by atoms with Crippen molar-refractivity contribution in [1.29, 1.82) is 0 Å². The maximum atomic E-state index is 9.46. The molecule has 0 aliphatic carbocycles. The summed E-state index contributed by atoms with van der Waals surface area (Å²) in [6.45, 7) is 6.12. The molecule has 2 aromatic rings. The molecule has 102 valence electrons. The maximum absolute atomic E-state index is 9.46. The Morgan fingerprint density at radius 3 is 2.11 bits per heavy atom. The SMILES string of the molecule is Cc1ccc(C(C)C)c(O)c1.Oc1cccc(Br)c1. The monoisotopic (exact) mass is 322 g/mol. The molecule has 3 heteroatoms. The zero-order chi connectivity index (χ0) is 14.4. The molecule has 0 heterocycles. The van der Waals surface area contributed by atoms with E-state index in [0.29, 0.717) is 17.4 Å². The lowest BCUT2D eigenvalue weighted by Crippen LogP contribution is -1.87. The summed E-state index contributed by atoms with van der Waals surface area (Å²) in [4.78, 5) is 0. The van der Waals surface area contributed by atoms with Crippen LogP contribution in [-0.2, 0) is 0 Å². The van der Waals surface area contributed by atoms with Crippen molar-refractivity contribution in [2.45, 2.75) is 26.7 Å². The second-order valence-corrected chi connectivity index (χ2v) is 5.61. The van der Waals surface area contributed by atoms with E-state index in [1.807, 2.05) is 25.1 Å². The molecule has 0 aliphatic rings. The quantitative estimate of drug-likeness (QED) is 0.777. The van der Waals surface area contributed by atoms with Crippen molar-refractivity contribution < 1.29 is 10.2 Å². The van der Waals surface area contributed by atoms with Crippen molar-refractivity contribution in [2.75, 3.05) is 0 Å². The summed E-state index contributed by atoms with van der Waals surface area (Å²) >= 11 is 3.20. The summed E-state index contributed by atoms with van der Waals surface area (Å²) in [7, 11) is 0. The lowest BCUT2D eigenvalue weighted by atomic mass is 10.0. The summed E-state index contributed by atoms with van der Waals surface area (Å²) in [5.74, 6) is 1.11. The summed E-state index contributed by atoms with van der Waals surface area (Å²) in [5, 5.41) is 18.2. The Hall–Kier alpha value is -1.48. The van der Waals surface area contributed by atoms with Crippen LogP contribution in [0.3, 0.4) is 0 Å². The summed E-state index contributed by atoms with van der Waals surface area (Å²) in [6, 6.07) is 12.7. The Kier molecular flexibility index (Phi) is 5.90. The molecule has 0 radical (unpaired) electrons. The number of phenolic OH excluding ortho intramolecular Hbond substituents is 2. The van der Waals surface area contributed by atoms with Crippen molar-refractivity contribution in [3.63, 3.8) is 0 Å². The van der Waals surface area contributed by atoms with Gasteiger partial charge in [0.05, 0.1) is 0 Å². The second kappa shape index (κ2) is 7.19. The molecule has 2 aromatic carbocycles. The van der Waals surface area contributed by atoms with Crippen molar-refractivity contribution in [3.8, 4) is 11.5 Å². The van der Waals surface area contributed by atoms with Gasteiger partial charge in [-0.25, -0.2) is 0 Å². The number of aryl methyl sites for hydroxylation is 1. The van der Waals surface area contributed by atoms with Gasteiger partial charge in [-0.2, -0.15) is 0 Å². The molecule has 0 aromatic heterocycles. The average Bonchev–Trinajstić information content (AvgIpc) is 2.28. The molecule has 0 saturated heterocycles. The minimum absolute atomic E-state index is 0.291. The Bertz CT molecular complexity index is 519. The third kappa shape index (κ3) is 5.35. The maximum Gasteiger partial charge on any atom is 0.119 e. The van der Waals surface area contributed by atoms with Crippen molar-refractivity contribution in [2.24, 2.45) is 0 Å². The number of benzene rings is 2. The van der Waals surface area contributed by atoms with E-state index in [1.165, 1.54) is 0 Å². The molecule has 2 rings (SSSR count). The van der Waals surface area contributed by atoms with Crippen LogP contribution < -0.4 is 0 Å². The van der Waals surface area contributed by atoms with Crippen LogP contribution in [-0.4, -0.2) is 10.2 Å². The Morgan fingerprint density at radius 2 is 1.68 bits per heavy atom. The van der Waals surface area contributed by atoms with Gasteiger partial charge in [-0.3, -0.25) is 0 Å². The van der Waals surface area contributed by atoms with Crippen LogP contribution in [0.25, 0.3) is 0 Å². The molecule has 0 amide bonds. The van der Waals surface area contributed by atoms with E-state index in [2.05, 4.69) is 29.8 Å². The van der Waals surface area contributed by atoms with E-state index in [9.17, 15) is 5.11 Å². The van der Waals surface area contributed by atoms with Gasteiger partial charge in [0.2, 0.25) is 0 Å². The zero-order valence-electron chi connectivity index (χ0n) is 11.4. The van der Waals surface area contributed by atoms with Crippen LogP contribution in [0.2, 0.25) is 0 Å². The molecule has 0 saturated carbocycles. The van der Waals surface area contributed by atoms with Gasteiger partial charge in [-0.15, -0.1) is 0 Å². The van der Waals surface area contributed by atoms with Crippen LogP contribution in [0.15, 0.2) is 46.9 Å². The highest BCUT2D eigenvalue weighted by Gasteiger charge is 2.03. The van der Waals surface area contributed by atoms with E-state index in [0.717, 1.165) is 15.6 Å². The van der Waals surface area contributed by atoms with Crippen molar-refractivity contribution in [1.82, 2.24) is 0 Å². The van der Waals surface area contributed by atoms with Crippen molar-refractivity contribution >= 4 is 15.9 Å². The molecule has 0 atom stereocenters. The van der Waals surface area contributed by atoms with Gasteiger partial charge in [0.25, 0.3) is 0 Å². The predicted molar refractivity (Wildman–Crippen MR) is 82.7 cm³/mol. The topological polar surface area (TPSA) is 40.5 Å². The lowest BCUT2D eigenvalue weighted by molar-refractivity contribution is 0.464. The van der Waals surface area contributed by atoms with Crippen LogP contribution in [0.5, 0.6) is 11.5 Å². The Balaban J connectivity index is 0.000000200. The van der Waals surface area contributed by atoms with E-state index < -0.39 is 0 Å². The number of hydrogen-bond donors (Lipinski definition) is 2. The van der Waals surface area contributed by atoms with Gasteiger partial charge < -0.3 is 10.2 Å². The minimum atomic E-state index is 0.291. The molecule has 0 unspecified atom stereocenters. The van der Waals surface area contributed by atoms with Gasteiger partial charge in [-0.1, -0.05) is 48.0 Å². The van der Waals surface area contributed by atoms with Crippen LogP contribution in [0, 0.1) is 6.92 Å². The zero-order valence-corrected chi connectivity index (χ0v) is 13.0. The number of halogens is 1. The molecule has 0 bridgehead atoms. The first-order valence-corrected chi connectivity index (χ1v) is 6.93. The Morgan fingerprint density at radius 1 is 1.00 bits per heavy atom. The number of hydrogen-bond acceptors (Lipinski definition) is 2. The van der Waals surface area contributed by atoms with Gasteiger partial charge in [0.15, 0.2) is 0 Å². The lowest BCUT2D eigenvalue weighted by Gasteiger charge is -2.07. The third-order valence-corrected chi connectivity index (χ3v) is 3.11. The smallest absolute Gasteiger partial charge is 0.119 e. The molecule has 0 spiro atoms. The summed E-state index contributed by atoms with van der Waals surface area (Å²) < 4.78 is 0.900. The van der Waals surface area contributed by atoms with Crippen molar-refractivity contribution in [3.05, 3.63) is 58.1 Å². The fourth-order valence-corrected chi connectivity index (χ4v) is 2.01. The normalized spacial score (nSPS) is 9.95. The highest BCUT2D eigenvalue weighted by Crippen LogP contribution is 2.25. The summed E-state index contributed by atoms with van der Waals surface area (Å²) in [5.41, 5.74) is 2.13. The van der Waals surface area contributed by atoms with E-state index >= 15 is 0 Å². The van der Waals surface area contributed by atoms with Gasteiger partial charge in [0.1, 0.15) is 11.5 Å². The Labute approximate surface area is 122 Å². The van der Waals surface area contributed by atoms with E-state index in [4.69, 9.17) is 5.11 Å². The van der Waals surface area contributed by atoms with Gasteiger partial charge >= 0.3 is 0 Å². The fourth-order valence-electron chi connectivity index (χ4n) is 1.62. The standard InChI is InChI=1S/C10H14O.C6H5BrO/c1-7(2)9-5-4-8(3)6-10(9)11;7-5-2-1-3-6(8)4-5/h4-7,11H,1-3H3;1-4,8H. The third-order valence-electron chi connectivity index (χ3n) is 2.62. The molecular formula is C16H19BrO2. The number of aromatic hydroxyl groups is 2. The second-order valence-electron chi connectivity index (χ2n) is 4.70. The predicted octanol–water partition coefficient (Wildman–Crippen LogP) is 4.98. The first kappa shape index (κ1) is 15.6. The molecule has 0 aliphatic heterocycles. The number of rotatable bonds is 1. The molecule has 0 fully saturated rings. The average molecular weight is 323 g/mol. The molecule has 19 heavy (non-hydrogen) atoms. The molecule has 2 nitrogen and oxygen atoms in total. The van der Waals surface area contributed by atoms with Gasteiger partial charge in [0, 0.05) is 4.47 Å². The largest absolute Gasteiger partial charge is 0.508 e. The van der Waals surface area contributed by atoms with Crippen LogP contribution in [0.4, 0.5) is 0 Å². The van der Waals surface area contributed by atoms with Gasteiger partial charge in [-0.05, 0) is 48.2 Å². The first-order chi connectivity index (χ1) is 8.90. The van der Waals surface area contributed by atoms with E-state index in [1.54, 1.807) is 24.3 Å². The highest BCUT2D eigenvalue weighted by molar-refractivity contribution is 9.10.